The number of rotatable bonds is 3. The van der Waals surface area contributed by atoms with Crippen LogP contribution in [0.1, 0.15) is 18.4 Å². The van der Waals surface area contributed by atoms with Crippen molar-refractivity contribution in [1.29, 1.82) is 5.26 Å². The van der Waals surface area contributed by atoms with Gasteiger partial charge in [0.15, 0.2) is 5.82 Å². The smallest absolute Gasteiger partial charge is 0.244 e. The van der Waals surface area contributed by atoms with Gasteiger partial charge in [-0.1, -0.05) is 0 Å². The number of phenolic OH excluding ortho intramolecular Hbond substituents is 1. The van der Waals surface area contributed by atoms with Gasteiger partial charge in [-0.2, -0.15) is 5.26 Å². The minimum atomic E-state index is -0.356. The van der Waals surface area contributed by atoms with Gasteiger partial charge < -0.3 is 15.3 Å². The highest BCUT2D eigenvalue weighted by molar-refractivity contribution is 6.01. The number of pyridine rings is 1. The zero-order valence-electron chi connectivity index (χ0n) is 15.3. The quantitative estimate of drug-likeness (QED) is 0.723. The van der Waals surface area contributed by atoms with Gasteiger partial charge in [-0.15, -0.1) is 10.2 Å². The second kappa shape index (κ2) is 7.12. The highest BCUT2D eigenvalue weighted by Crippen LogP contribution is 2.35. The molecule has 1 atom stereocenters. The summed E-state index contributed by atoms with van der Waals surface area (Å²) in [6, 6.07) is 8.08. The maximum Gasteiger partial charge on any atom is 0.244 e. The van der Waals surface area contributed by atoms with Crippen LogP contribution in [0.4, 0.5) is 5.82 Å². The van der Waals surface area contributed by atoms with Gasteiger partial charge >= 0.3 is 0 Å². The average molecular weight is 374 g/mol. The summed E-state index contributed by atoms with van der Waals surface area (Å²) in [5.74, 6) is 0.462. The number of carbonyl (C=O) groups is 1. The summed E-state index contributed by atoms with van der Waals surface area (Å²) in [4.78, 5) is 18.3. The standard InChI is InChI=1S/C20H18N6O2/c1-26-8-2-3-16(20(26)28)23-19-15-11-22-7-6-13(15)18(24-25-19)14-5-4-12(10-21)9-17(14)27/h4-7,9,11,16,27H,2-3,8H2,1H3,(H,23,25)/t16-/m1/s1. The Morgan fingerprint density at radius 2 is 2.14 bits per heavy atom. The van der Waals surface area contributed by atoms with Gasteiger partial charge in [0.1, 0.15) is 17.5 Å². The number of aromatic nitrogens is 3. The minimum Gasteiger partial charge on any atom is -0.507 e. The van der Waals surface area contributed by atoms with Crippen molar-refractivity contribution in [3.63, 3.8) is 0 Å². The van der Waals surface area contributed by atoms with Gasteiger partial charge in [-0.3, -0.25) is 9.78 Å². The topological polar surface area (TPSA) is 115 Å². The lowest BCUT2D eigenvalue weighted by atomic mass is 10.0. The number of nitrogens with one attached hydrogen (secondary N) is 1. The molecule has 2 aromatic heterocycles. The van der Waals surface area contributed by atoms with E-state index in [2.05, 4.69) is 20.5 Å². The van der Waals surface area contributed by atoms with Crippen molar-refractivity contribution in [3.05, 3.63) is 42.2 Å². The molecule has 140 valence electrons. The number of carbonyl (C=O) groups excluding carboxylic acids is 1. The summed E-state index contributed by atoms with van der Waals surface area (Å²) >= 11 is 0. The Labute approximate surface area is 161 Å². The number of likely N-dealkylation sites (tertiary alicyclic amines) is 1. The fourth-order valence-corrected chi connectivity index (χ4v) is 3.44. The van der Waals surface area contributed by atoms with Crippen molar-refractivity contribution in [3.8, 4) is 23.1 Å². The number of nitrogens with zero attached hydrogens (tertiary/aromatic N) is 5. The average Bonchev–Trinajstić information content (AvgIpc) is 2.72. The lowest BCUT2D eigenvalue weighted by Crippen LogP contribution is -2.45. The van der Waals surface area contributed by atoms with Crippen molar-refractivity contribution in [2.24, 2.45) is 0 Å². The molecule has 0 unspecified atom stereocenters. The molecule has 1 saturated heterocycles. The molecule has 0 spiro atoms. The molecule has 8 heteroatoms. The zero-order chi connectivity index (χ0) is 19.7. The second-order valence-corrected chi connectivity index (χ2v) is 6.76. The van der Waals surface area contributed by atoms with Crippen LogP contribution in [-0.4, -0.2) is 50.7 Å². The molecule has 1 fully saturated rings. The molecule has 28 heavy (non-hydrogen) atoms. The number of piperidine rings is 1. The van der Waals surface area contributed by atoms with Crippen molar-refractivity contribution in [1.82, 2.24) is 20.1 Å². The lowest BCUT2D eigenvalue weighted by molar-refractivity contribution is -0.132. The van der Waals surface area contributed by atoms with Crippen LogP contribution in [0.2, 0.25) is 0 Å². The number of likely N-dealkylation sites (N-methyl/N-ethyl adjacent to an activating group) is 1. The van der Waals surface area contributed by atoms with Gasteiger partial charge in [0.05, 0.1) is 11.6 Å². The summed E-state index contributed by atoms with van der Waals surface area (Å²) in [5, 5.41) is 32.5. The van der Waals surface area contributed by atoms with Crippen LogP contribution < -0.4 is 5.32 Å². The lowest BCUT2D eigenvalue weighted by Gasteiger charge is -2.30. The first-order valence-electron chi connectivity index (χ1n) is 8.94. The molecule has 1 aliphatic rings. The molecule has 3 aromatic rings. The number of benzene rings is 1. The fourth-order valence-electron chi connectivity index (χ4n) is 3.44. The monoisotopic (exact) mass is 374 g/mol. The van der Waals surface area contributed by atoms with Crippen molar-refractivity contribution in [2.45, 2.75) is 18.9 Å². The Bertz CT molecular complexity index is 1110. The number of phenols is 1. The Hall–Kier alpha value is -3.73. The maximum atomic E-state index is 12.4. The zero-order valence-corrected chi connectivity index (χ0v) is 15.3. The van der Waals surface area contributed by atoms with Gasteiger partial charge in [0.2, 0.25) is 5.91 Å². The highest BCUT2D eigenvalue weighted by Gasteiger charge is 2.27. The van der Waals surface area contributed by atoms with Gasteiger partial charge in [-0.25, -0.2) is 0 Å². The molecule has 0 saturated carbocycles. The number of hydrogen-bond acceptors (Lipinski definition) is 7. The molecule has 8 nitrogen and oxygen atoms in total. The third-order valence-corrected chi connectivity index (χ3v) is 4.93. The van der Waals surface area contributed by atoms with Crippen molar-refractivity contribution >= 4 is 22.5 Å². The number of aromatic hydroxyl groups is 1. The molecule has 0 radical (unpaired) electrons. The molecular weight excluding hydrogens is 356 g/mol. The van der Waals surface area contributed by atoms with E-state index < -0.39 is 0 Å². The number of fused-ring (bicyclic) bond motifs is 1. The van der Waals surface area contributed by atoms with Gasteiger partial charge in [0.25, 0.3) is 0 Å². The van der Waals surface area contributed by atoms with E-state index in [1.165, 1.54) is 6.07 Å². The van der Waals surface area contributed by atoms with Crippen LogP contribution in [0, 0.1) is 11.3 Å². The van der Waals surface area contributed by atoms with Crippen LogP contribution in [0.5, 0.6) is 5.75 Å². The van der Waals surface area contributed by atoms with E-state index in [0.29, 0.717) is 28.0 Å². The molecule has 1 amide bonds. The highest BCUT2D eigenvalue weighted by atomic mass is 16.3. The molecular formula is C20H18N6O2. The normalized spacial score (nSPS) is 16.8. The first-order valence-corrected chi connectivity index (χ1v) is 8.94. The molecule has 4 rings (SSSR count). The van der Waals surface area contributed by atoms with Crippen LogP contribution in [0.25, 0.3) is 22.0 Å². The first kappa shape index (κ1) is 17.7. The van der Waals surface area contributed by atoms with Crippen LogP contribution in [0.3, 0.4) is 0 Å². The number of nitriles is 1. The molecule has 1 aromatic carbocycles. The Morgan fingerprint density at radius 3 is 2.93 bits per heavy atom. The third kappa shape index (κ3) is 3.07. The van der Waals surface area contributed by atoms with E-state index in [1.807, 2.05) is 6.07 Å². The molecule has 0 bridgehead atoms. The van der Waals surface area contributed by atoms with E-state index >= 15 is 0 Å². The minimum absolute atomic E-state index is 0.0268. The first-order chi connectivity index (χ1) is 13.6. The Kier molecular flexibility index (Phi) is 4.49. The Balaban J connectivity index is 1.77. The number of amides is 1. The van der Waals surface area contributed by atoms with Crippen molar-refractivity contribution in [2.75, 3.05) is 18.9 Å². The SMILES string of the molecule is CN1CCC[C@@H](Nc2nnc(-c3ccc(C#N)cc3O)c3ccncc23)C1=O. The largest absolute Gasteiger partial charge is 0.507 e. The summed E-state index contributed by atoms with van der Waals surface area (Å²) in [7, 11) is 1.79. The van der Waals surface area contributed by atoms with E-state index in [4.69, 9.17) is 5.26 Å². The number of hydrogen-bond donors (Lipinski definition) is 2. The van der Waals surface area contributed by atoms with E-state index in [1.54, 1.807) is 42.5 Å². The van der Waals surface area contributed by atoms with Gasteiger partial charge in [-0.05, 0) is 37.1 Å². The molecule has 0 aliphatic carbocycles. The summed E-state index contributed by atoms with van der Waals surface area (Å²) in [5.41, 5.74) is 1.32. The number of anilines is 1. The molecule has 3 heterocycles. The fraction of sp³-hybridized carbons (Fsp3) is 0.250. The van der Waals surface area contributed by atoms with Gasteiger partial charge in [0, 0.05) is 42.3 Å². The maximum absolute atomic E-state index is 12.4. The predicted octanol–water partition coefficient (Wildman–Crippen LogP) is 2.30. The van der Waals surface area contributed by atoms with Crippen LogP contribution in [0.15, 0.2) is 36.7 Å². The van der Waals surface area contributed by atoms with E-state index in [9.17, 15) is 9.90 Å². The second-order valence-electron chi connectivity index (χ2n) is 6.76. The molecule has 1 aliphatic heterocycles. The van der Waals surface area contributed by atoms with E-state index in [-0.39, 0.29) is 17.7 Å². The summed E-state index contributed by atoms with van der Waals surface area (Å²) < 4.78 is 0. The van der Waals surface area contributed by atoms with Crippen LogP contribution >= 0.6 is 0 Å². The summed E-state index contributed by atoms with van der Waals surface area (Å²) in [6.07, 6.45) is 4.94. The molecule has 2 N–H and O–H groups in total. The van der Waals surface area contributed by atoms with Crippen molar-refractivity contribution < 1.29 is 9.90 Å². The Morgan fingerprint density at radius 1 is 1.29 bits per heavy atom. The third-order valence-electron chi connectivity index (χ3n) is 4.93. The van der Waals surface area contributed by atoms with E-state index in [0.717, 1.165) is 24.8 Å². The summed E-state index contributed by atoms with van der Waals surface area (Å²) in [6.45, 7) is 0.752. The predicted molar refractivity (Wildman–Crippen MR) is 103 cm³/mol. The van der Waals surface area contributed by atoms with Crippen LogP contribution in [-0.2, 0) is 4.79 Å².